The number of amides is 1. The zero-order chi connectivity index (χ0) is 24.1. The van der Waals surface area contributed by atoms with Crippen LogP contribution in [0.5, 0.6) is 5.75 Å². The van der Waals surface area contributed by atoms with E-state index in [1.54, 1.807) is 54.4 Å². The van der Waals surface area contributed by atoms with Gasteiger partial charge in [-0.05, 0) is 49.6 Å². The Balaban J connectivity index is 1.51. The molecule has 1 atom stereocenters. The van der Waals surface area contributed by atoms with Crippen molar-refractivity contribution in [3.63, 3.8) is 0 Å². The molecule has 180 valence electrons. The highest BCUT2D eigenvalue weighted by molar-refractivity contribution is 7.90. The van der Waals surface area contributed by atoms with E-state index in [0.717, 1.165) is 6.26 Å². The molecule has 1 heterocycles. The lowest BCUT2D eigenvalue weighted by molar-refractivity contribution is -0.135. The average Bonchev–Trinajstić information content (AvgIpc) is 2.81. The van der Waals surface area contributed by atoms with Crippen LogP contribution in [0.2, 0.25) is 0 Å². The van der Waals surface area contributed by atoms with Gasteiger partial charge in [0.15, 0.2) is 9.84 Å². The Morgan fingerprint density at radius 2 is 1.76 bits per heavy atom. The standard InChI is InChI=1S/C23H30N2O6S2/c1-24(14-8-16-31-20-10-6-13-22(17-20)32(2,27)28)23(26)19-9-7-15-25(18-19)33(29,30)21-11-4-3-5-12-21/h3-6,10-13,17,19H,7-9,14-16,18H2,1-2H3. The van der Waals surface area contributed by atoms with Gasteiger partial charge in [0.1, 0.15) is 5.75 Å². The second-order valence-corrected chi connectivity index (χ2v) is 12.2. The molecule has 0 spiro atoms. The first-order valence-electron chi connectivity index (χ1n) is 10.8. The van der Waals surface area contributed by atoms with E-state index in [9.17, 15) is 21.6 Å². The molecule has 0 saturated carbocycles. The lowest BCUT2D eigenvalue weighted by Crippen LogP contribution is -2.46. The normalized spacial score (nSPS) is 17.5. The summed E-state index contributed by atoms with van der Waals surface area (Å²) < 4.78 is 56.2. The van der Waals surface area contributed by atoms with Gasteiger partial charge in [-0.2, -0.15) is 4.31 Å². The van der Waals surface area contributed by atoms with Crippen molar-refractivity contribution in [2.45, 2.75) is 29.1 Å². The summed E-state index contributed by atoms with van der Waals surface area (Å²) >= 11 is 0. The third-order valence-electron chi connectivity index (χ3n) is 5.63. The Bertz CT molecular complexity index is 1170. The lowest BCUT2D eigenvalue weighted by Gasteiger charge is -2.33. The van der Waals surface area contributed by atoms with E-state index in [2.05, 4.69) is 0 Å². The van der Waals surface area contributed by atoms with Gasteiger partial charge in [-0.25, -0.2) is 16.8 Å². The predicted molar refractivity (Wildman–Crippen MR) is 125 cm³/mol. The molecule has 0 radical (unpaired) electrons. The molecule has 1 unspecified atom stereocenters. The van der Waals surface area contributed by atoms with Crippen molar-refractivity contribution in [2.24, 2.45) is 5.92 Å². The van der Waals surface area contributed by atoms with Crippen molar-refractivity contribution in [1.29, 1.82) is 0 Å². The summed E-state index contributed by atoms with van der Waals surface area (Å²) in [6.07, 6.45) is 2.99. The summed E-state index contributed by atoms with van der Waals surface area (Å²) in [6.45, 7) is 1.36. The predicted octanol–water partition coefficient (Wildman–Crippen LogP) is 2.42. The van der Waals surface area contributed by atoms with Gasteiger partial charge in [0.2, 0.25) is 15.9 Å². The van der Waals surface area contributed by atoms with E-state index >= 15 is 0 Å². The molecule has 0 aromatic heterocycles. The van der Waals surface area contributed by atoms with E-state index in [1.165, 1.54) is 16.4 Å². The minimum Gasteiger partial charge on any atom is -0.493 e. The van der Waals surface area contributed by atoms with Crippen molar-refractivity contribution >= 4 is 25.8 Å². The number of rotatable bonds is 9. The second kappa shape index (κ2) is 10.7. The fraction of sp³-hybridized carbons (Fsp3) is 0.435. The lowest BCUT2D eigenvalue weighted by atomic mass is 9.98. The molecule has 33 heavy (non-hydrogen) atoms. The minimum atomic E-state index is -3.62. The van der Waals surface area contributed by atoms with Crippen LogP contribution in [0.25, 0.3) is 0 Å². The van der Waals surface area contributed by atoms with Gasteiger partial charge in [0.25, 0.3) is 0 Å². The van der Waals surface area contributed by atoms with Crippen LogP contribution < -0.4 is 4.74 Å². The molecular formula is C23H30N2O6S2. The van der Waals surface area contributed by atoms with E-state index in [1.807, 2.05) is 0 Å². The van der Waals surface area contributed by atoms with Crippen LogP contribution in [-0.2, 0) is 24.7 Å². The van der Waals surface area contributed by atoms with Crippen LogP contribution >= 0.6 is 0 Å². The number of hydrogen-bond acceptors (Lipinski definition) is 6. The molecule has 2 aromatic carbocycles. The molecule has 0 bridgehead atoms. The Labute approximate surface area is 196 Å². The molecule has 10 heteroatoms. The summed E-state index contributed by atoms with van der Waals surface area (Å²) in [7, 11) is -5.22. The SMILES string of the molecule is CN(CCCOc1cccc(S(C)(=O)=O)c1)C(=O)C1CCCN(S(=O)(=O)c2ccccc2)C1. The molecule has 0 N–H and O–H groups in total. The first kappa shape index (κ1) is 25.2. The minimum absolute atomic E-state index is 0.0814. The quantitative estimate of drug-likeness (QED) is 0.496. The third-order valence-corrected chi connectivity index (χ3v) is 8.62. The number of ether oxygens (including phenoxy) is 1. The van der Waals surface area contributed by atoms with E-state index < -0.39 is 19.9 Å². The maximum absolute atomic E-state index is 12.9. The molecule has 1 amide bonds. The van der Waals surface area contributed by atoms with Crippen LogP contribution in [0.4, 0.5) is 0 Å². The van der Waals surface area contributed by atoms with Crippen molar-refractivity contribution in [1.82, 2.24) is 9.21 Å². The van der Waals surface area contributed by atoms with Crippen LogP contribution in [0.15, 0.2) is 64.4 Å². The molecule has 2 aromatic rings. The number of piperidine rings is 1. The number of nitrogens with zero attached hydrogens (tertiary/aromatic N) is 2. The topological polar surface area (TPSA) is 101 Å². The van der Waals surface area contributed by atoms with Gasteiger partial charge < -0.3 is 9.64 Å². The van der Waals surface area contributed by atoms with Gasteiger partial charge in [-0.3, -0.25) is 4.79 Å². The number of carbonyl (C=O) groups is 1. The second-order valence-electron chi connectivity index (χ2n) is 8.22. The van der Waals surface area contributed by atoms with Gasteiger partial charge in [-0.15, -0.1) is 0 Å². The molecule has 1 saturated heterocycles. The Hall–Kier alpha value is -2.43. The molecule has 0 aliphatic carbocycles. The van der Waals surface area contributed by atoms with Crippen molar-refractivity contribution < 1.29 is 26.4 Å². The number of sulfonamides is 1. The zero-order valence-corrected chi connectivity index (χ0v) is 20.5. The number of benzene rings is 2. The average molecular weight is 495 g/mol. The van der Waals surface area contributed by atoms with Crippen LogP contribution in [0.1, 0.15) is 19.3 Å². The van der Waals surface area contributed by atoms with Crippen LogP contribution in [-0.4, -0.2) is 71.5 Å². The van der Waals surface area contributed by atoms with Crippen molar-refractivity contribution in [2.75, 3.05) is 39.5 Å². The third kappa shape index (κ3) is 6.55. The molecule has 1 fully saturated rings. The van der Waals surface area contributed by atoms with E-state index in [-0.39, 0.29) is 28.2 Å². The summed E-state index contributed by atoms with van der Waals surface area (Å²) in [5.41, 5.74) is 0. The number of carbonyl (C=O) groups excluding carboxylic acids is 1. The highest BCUT2D eigenvalue weighted by Crippen LogP contribution is 2.25. The highest BCUT2D eigenvalue weighted by Gasteiger charge is 2.34. The Morgan fingerprint density at radius 3 is 2.45 bits per heavy atom. The highest BCUT2D eigenvalue weighted by atomic mass is 32.2. The van der Waals surface area contributed by atoms with E-state index in [4.69, 9.17) is 4.74 Å². The largest absolute Gasteiger partial charge is 0.493 e. The Morgan fingerprint density at radius 1 is 1.06 bits per heavy atom. The number of sulfone groups is 1. The zero-order valence-electron chi connectivity index (χ0n) is 18.9. The molecule has 1 aliphatic rings. The fourth-order valence-corrected chi connectivity index (χ4v) is 6.01. The maximum atomic E-state index is 12.9. The summed E-state index contributed by atoms with van der Waals surface area (Å²) in [5, 5.41) is 0. The van der Waals surface area contributed by atoms with E-state index in [0.29, 0.717) is 44.7 Å². The van der Waals surface area contributed by atoms with Gasteiger partial charge in [0.05, 0.1) is 22.3 Å². The Kier molecular flexibility index (Phi) is 8.14. The van der Waals surface area contributed by atoms with Gasteiger partial charge in [0, 0.05) is 32.9 Å². The van der Waals surface area contributed by atoms with Crippen LogP contribution in [0, 0.1) is 5.92 Å². The first-order valence-corrected chi connectivity index (χ1v) is 14.2. The summed E-state index contributed by atoms with van der Waals surface area (Å²) in [6, 6.07) is 14.6. The van der Waals surface area contributed by atoms with Crippen molar-refractivity contribution in [3.8, 4) is 5.75 Å². The van der Waals surface area contributed by atoms with Gasteiger partial charge in [-0.1, -0.05) is 24.3 Å². The summed E-state index contributed by atoms with van der Waals surface area (Å²) in [4.78, 5) is 15.0. The molecule has 1 aliphatic heterocycles. The fourth-order valence-electron chi connectivity index (χ4n) is 3.81. The monoisotopic (exact) mass is 494 g/mol. The molecule has 3 rings (SSSR count). The molecule has 8 nitrogen and oxygen atoms in total. The maximum Gasteiger partial charge on any atom is 0.243 e. The van der Waals surface area contributed by atoms with Crippen molar-refractivity contribution in [3.05, 3.63) is 54.6 Å². The first-order chi connectivity index (χ1) is 15.6. The summed E-state index contributed by atoms with van der Waals surface area (Å²) in [5.74, 6) is -0.00224. The molecular weight excluding hydrogens is 464 g/mol. The smallest absolute Gasteiger partial charge is 0.243 e. The van der Waals surface area contributed by atoms with Gasteiger partial charge >= 0.3 is 0 Å². The van der Waals surface area contributed by atoms with Crippen LogP contribution in [0.3, 0.4) is 0 Å². The number of hydrogen-bond donors (Lipinski definition) is 0.